The quantitative estimate of drug-likeness (QED) is 0.484. The summed E-state index contributed by atoms with van der Waals surface area (Å²) in [6.07, 6.45) is 1.96. The third-order valence-electron chi connectivity index (χ3n) is 4.64. The van der Waals surface area contributed by atoms with Crippen LogP contribution in [0.25, 0.3) is 11.0 Å². The maximum absolute atomic E-state index is 13.0. The highest BCUT2D eigenvalue weighted by Gasteiger charge is 2.31. The van der Waals surface area contributed by atoms with E-state index in [1.54, 1.807) is 31.8 Å². The van der Waals surface area contributed by atoms with Gasteiger partial charge in [-0.15, -0.1) is 0 Å². The third-order valence-corrected chi connectivity index (χ3v) is 4.64. The lowest BCUT2D eigenvalue weighted by atomic mass is 10.1. The second-order valence-electron chi connectivity index (χ2n) is 6.72. The van der Waals surface area contributed by atoms with Gasteiger partial charge in [-0.25, -0.2) is 15.0 Å². The topological polar surface area (TPSA) is 75.7 Å². The summed E-state index contributed by atoms with van der Waals surface area (Å²) in [6, 6.07) is 8.55. The predicted molar refractivity (Wildman–Crippen MR) is 106 cm³/mol. The summed E-state index contributed by atoms with van der Waals surface area (Å²) in [5.41, 5.74) is 2.26. The minimum absolute atomic E-state index is 0.428. The third kappa shape index (κ3) is 4.35. The van der Waals surface area contributed by atoms with Crippen molar-refractivity contribution in [3.8, 4) is 5.88 Å². The Kier molecular flexibility index (Phi) is 5.26. The summed E-state index contributed by atoms with van der Waals surface area (Å²) in [7, 11) is 1.56. The molecule has 30 heavy (non-hydrogen) atoms. The zero-order valence-electron chi connectivity index (χ0n) is 16.0. The number of nitrogens with zero attached hydrogens (tertiary/aromatic N) is 3. The molecule has 0 amide bonds. The molecule has 0 aliphatic carbocycles. The van der Waals surface area contributed by atoms with Gasteiger partial charge in [0.1, 0.15) is 11.5 Å². The molecule has 6 nitrogen and oxygen atoms in total. The van der Waals surface area contributed by atoms with Crippen LogP contribution in [0.1, 0.15) is 22.3 Å². The van der Waals surface area contributed by atoms with E-state index in [-0.39, 0.29) is 0 Å². The number of methoxy groups -OCH3 is 1. The van der Waals surface area contributed by atoms with Gasteiger partial charge in [-0.3, -0.25) is 0 Å². The molecule has 4 rings (SSSR count). The number of ether oxygens (including phenoxy) is 1. The van der Waals surface area contributed by atoms with Crippen molar-refractivity contribution < 1.29 is 17.9 Å². The Morgan fingerprint density at radius 2 is 1.80 bits per heavy atom. The number of nitrogens with one attached hydrogen (secondary N) is 2. The van der Waals surface area contributed by atoms with Crippen LogP contribution >= 0.6 is 0 Å². The number of aromatic nitrogens is 4. The van der Waals surface area contributed by atoms with Crippen LogP contribution in [-0.4, -0.2) is 27.0 Å². The van der Waals surface area contributed by atoms with Crippen molar-refractivity contribution in [2.75, 3.05) is 12.4 Å². The van der Waals surface area contributed by atoms with Crippen LogP contribution in [0, 0.1) is 0 Å². The first kappa shape index (κ1) is 19.7. The molecular formula is C21H18F3N5O. The highest BCUT2D eigenvalue weighted by Crippen LogP contribution is 2.31. The lowest BCUT2D eigenvalue weighted by Crippen LogP contribution is -2.05. The van der Waals surface area contributed by atoms with E-state index in [4.69, 9.17) is 4.74 Å². The van der Waals surface area contributed by atoms with Gasteiger partial charge in [-0.2, -0.15) is 13.2 Å². The van der Waals surface area contributed by atoms with Crippen LogP contribution in [0.4, 0.5) is 19.0 Å². The Balaban J connectivity index is 1.44. The average Bonchev–Trinajstić information content (AvgIpc) is 3.15. The van der Waals surface area contributed by atoms with Gasteiger partial charge in [-0.1, -0.05) is 12.1 Å². The van der Waals surface area contributed by atoms with Crippen LogP contribution in [-0.2, 0) is 19.1 Å². The van der Waals surface area contributed by atoms with Gasteiger partial charge in [-0.05, 0) is 28.8 Å². The smallest absolute Gasteiger partial charge is 0.417 e. The van der Waals surface area contributed by atoms with E-state index < -0.39 is 11.7 Å². The number of fused-ring (bicyclic) bond motifs is 1. The van der Waals surface area contributed by atoms with Gasteiger partial charge in [0, 0.05) is 49.2 Å². The molecule has 0 aromatic carbocycles. The molecule has 0 spiro atoms. The van der Waals surface area contributed by atoms with Crippen LogP contribution in [0.15, 0.2) is 55.1 Å². The minimum Gasteiger partial charge on any atom is -0.481 e. The molecule has 0 saturated heterocycles. The zero-order valence-corrected chi connectivity index (χ0v) is 16.0. The van der Waals surface area contributed by atoms with E-state index in [0.717, 1.165) is 29.0 Å². The minimum atomic E-state index is -4.43. The monoisotopic (exact) mass is 413 g/mol. The number of hydrogen-bond acceptors (Lipinski definition) is 5. The molecule has 0 atom stereocenters. The summed E-state index contributed by atoms with van der Waals surface area (Å²) in [5, 5.41) is 3.66. The van der Waals surface area contributed by atoms with E-state index >= 15 is 0 Å². The maximum Gasteiger partial charge on any atom is 0.417 e. The van der Waals surface area contributed by atoms with Crippen molar-refractivity contribution >= 4 is 16.9 Å². The highest BCUT2D eigenvalue weighted by molar-refractivity contribution is 5.80. The lowest BCUT2D eigenvalue weighted by Gasteiger charge is -2.08. The first-order valence-corrected chi connectivity index (χ1v) is 9.13. The fourth-order valence-electron chi connectivity index (χ4n) is 3.04. The number of rotatable bonds is 6. The van der Waals surface area contributed by atoms with Crippen molar-refractivity contribution in [3.63, 3.8) is 0 Å². The normalized spacial score (nSPS) is 11.6. The predicted octanol–water partition coefficient (Wildman–Crippen LogP) is 4.58. The summed E-state index contributed by atoms with van der Waals surface area (Å²) >= 11 is 0. The fourth-order valence-corrected chi connectivity index (χ4v) is 3.04. The molecule has 4 aromatic rings. The Morgan fingerprint density at radius 3 is 2.47 bits per heavy atom. The molecule has 0 fully saturated rings. The number of H-pyrrole nitrogens is 1. The van der Waals surface area contributed by atoms with Gasteiger partial charge >= 0.3 is 6.18 Å². The van der Waals surface area contributed by atoms with Crippen molar-refractivity contribution in [2.24, 2.45) is 0 Å². The summed E-state index contributed by atoms with van der Waals surface area (Å²) in [6.45, 7) is 0.553. The van der Waals surface area contributed by atoms with Crippen LogP contribution in [0.2, 0.25) is 0 Å². The average molecular weight is 413 g/mol. The number of alkyl halides is 3. The second kappa shape index (κ2) is 8.02. The summed E-state index contributed by atoms with van der Waals surface area (Å²) in [5.74, 6) is 1.24. The summed E-state index contributed by atoms with van der Waals surface area (Å²) in [4.78, 5) is 15.3. The van der Waals surface area contributed by atoms with Crippen molar-refractivity contribution in [2.45, 2.75) is 19.1 Å². The van der Waals surface area contributed by atoms with Gasteiger partial charge < -0.3 is 15.0 Å². The van der Waals surface area contributed by atoms with Gasteiger partial charge in [0.2, 0.25) is 5.88 Å². The first-order chi connectivity index (χ1) is 14.4. The Bertz CT molecular complexity index is 1140. The van der Waals surface area contributed by atoms with Crippen molar-refractivity contribution in [1.29, 1.82) is 0 Å². The van der Waals surface area contributed by atoms with Gasteiger partial charge in [0.05, 0.1) is 12.7 Å². The molecule has 4 aromatic heterocycles. The zero-order chi connectivity index (χ0) is 21.1. The Labute approximate surface area is 170 Å². The summed E-state index contributed by atoms with van der Waals surface area (Å²) < 4.78 is 44.0. The standard InChI is InChI=1S/C21H18F3N5O/c1-30-19-5-3-14(10-27-19)9-26-18-4-2-13(8-25-18)6-15-11-28-20-17(15)7-16(12-29-20)21(22,23)24/h2-5,7-8,10-12H,6,9H2,1H3,(H,25,26)(H,28,29). The van der Waals surface area contributed by atoms with Crippen molar-refractivity contribution in [1.82, 2.24) is 19.9 Å². The molecule has 0 aliphatic rings. The molecule has 154 valence electrons. The molecule has 0 unspecified atom stereocenters. The lowest BCUT2D eigenvalue weighted by molar-refractivity contribution is -0.137. The molecule has 0 bridgehead atoms. The van der Waals surface area contributed by atoms with Crippen LogP contribution < -0.4 is 10.1 Å². The SMILES string of the molecule is COc1ccc(CNc2ccc(Cc3c[nH]c4ncc(C(F)(F)F)cc34)cn2)cn1. The number of hydrogen-bond donors (Lipinski definition) is 2. The molecule has 0 radical (unpaired) electrons. The highest BCUT2D eigenvalue weighted by atomic mass is 19.4. The van der Waals surface area contributed by atoms with Gasteiger partial charge in [0.15, 0.2) is 0 Å². The number of aromatic amines is 1. The van der Waals surface area contributed by atoms with E-state index in [2.05, 4.69) is 25.3 Å². The van der Waals surface area contributed by atoms with E-state index in [1.807, 2.05) is 18.2 Å². The molecule has 0 saturated carbocycles. The van der Waals surface area contributed by atoms with Crippen LogP contribution in [0.5, 0.6) is 5.88 Å². The number of halogens is 3. The second-order valence-corrected chi connectivity index (χ2v) is 6.72. The fraction of sp³-hybridized carbons (Fsp3) is 0.190. The molecule has 4 heterocycles. The Morgan fingerprint density at radius 1 is 1.00 bits per heavy atom. The Hall–Kier alpha value is -3.62. The van der Waals surface area contributed by atoms with E-state index in [0.29, 0.717) is 35.7 Å². The van der Waals surface area contributed by atoms with Gasteiger partial charge in [0.25, 0.3) is 0 Å². The largest absolute Gasteiger partial charge is 0.481 e. The first-order valence-electron chi connectivity index (χ1n) is 9.13. The molecule has 2 N–H and O–H groups in total. The van der Waals surface area contributed by atoms with Crippen molar-refractivity contribution in [3.05, 3.63) is 77.4 Å². The van der Waals surface area contributed by atoms with E-state index in [1.165, 1.54) is 0 Å². The molecule has 9 heteroatoms. The van der Waals surface area contributed by atoms with Crippen LogP contribution in [0.3, 0.4) is 0 Å². The number of pyridine rings is 3. The maximum atomic E-state index is 13.0. The molecular weight excluding hydrogens is 395 g/mol. The number of anilines is 1. The molecule has 0 aliphatic heterocycles. The van der Waals surface area contributed by atoms with E-state index in [9.17, 15) is 13.2 Å².